The van der Waals surface area contributed by atoms with Gasteiger partial charge in [0.25, 0.3) is 11.5 Å². The normalized spacial score (nSPS) is 23.6. The summed E-state index contributed by atoms with van der Waals surface area (Å²) in [5, 5.41) is 2.79. The first-order chi connectivity index (χ1) is 16.0. The number of aryl methyl sites for hydroxylation is 1. The molecule has 5 rings (SSSR count). The first-order valence-electron chi connectivity index (χ1n) is 12.2. The summed E-state index contributed by atoms with van der Waals surface area (Å²) in [5.74, 6) is -0.582. The van der Waals surface area contributed by atoms with Gasteiger partial charge in [-0.2, -0.15) is 0 Å². The maximum Gasteiger partial charge on any atom is 0.273 e. The van der Waals surface area contributed by atoms with E-state index in [0.29, 0.717) is 12.0 Å². The molecule has 3 aliphatic rings. The standard InChI is InChI=1S/C25H32FN5O2/c1-2-16-4-8-22(29-24(16)32)17-3-7-19(13-17)30-9-11-31(12-10-30)20-14-21(26)23(27-15-20)25(33)28-18-5-6-18/h4,8,14-15,17-19H,2-3,5-7,9-13H2,1H3,(H,28,33)(H,29,32)/t17-,19-/m1/s1. The van der Waals surface area contributed by atoms with E-state index in [-0.39, 0.29) is 17.3 Å². The largest absolute Gasteiger partial charge is 0.368 e. The van der Waals surface area contributed by atoms with Gasteiger partial charge in [-0.05, 0) is 44.6 Å². The van der Waals surface area contributed by atoms with E-state index >= 15 is 0 Å². The monoisotopic (exact) mass is 453 g/mol. The highest BCUT2D eigenvalue weighted by Gasteiger charge is 2.33. The van der Waals surface area contributed by atoms with Gasteiger partial charge in [-0.15, -0.1) is 0 Å². The van der Waals surface area contributed by atoms with Crippen LogP contribution in [0.25, 0.3) is 0 Å². The molecule has 2 aromatic heterocycles. The van der Waals surface area contributed by atoms with Crippen LogP contribution in [0.5, 0.6) is 0 Å². The van der Waals surface area contributed by atoms with Crippen LogP contribution in [0.1, 0.15) is 66.7 Å². The summed E-state index contributed by atoms with van der Waals surface area (Å²) in [6.45, 7) is 5.43. The molecule has 1 saturated heterocycles. The highest BCUT2D eigenvalue weighted by Crippen LogP contribution is 2.36. The van der Waals surface area contributed by atoms with Gasteiger partial charge in [-0.25, -0.2) is 9.37 Å². The lowest BCUT2D eigenvalue weighted by Gasteiger charge is -2.39. The van der Waals surface area contributed by atoms with Crippen molar-refractivity contribution in [1.29, 1.82) is 0 Å². The molecule has 0 unspecified atom stereocenters. The number of piperazine rings is 1. The molecule has 33 heavy (non-hydrogen) atoms. The van der Waals surface area contributed by atoms with E-state index < -0.39 is 11.7 Å². The van der Waals surface area contributed by atoms with E-state index in [1.165, 1.54) is 6.07 Å². The molecule has 0 spiro atoms. The number of hydrogen-bond donors (Lipinski definition) is 2. The Labute approximate surface area is 193 Å². The van der Waals surface area contributed by atoms with Crippen LogP contribution < -0.4 is 15.8 Å². The Bertz CT molecular complexity index is 1070. The minimum Gasteiger partial charge on any atom is -0.368 e. The number of anilines is 1. The third-order valence-corrected chi connectivity index (χ3v) is 7.39. The average Bonchev–Trinajstić information content (AvgIpc) is 3.50. The van der Waals surface area contributed by atoms with Crippen molar-refractivity contribution in [3.63, 3.8) is 0 Å². The van der Waals surface area contributed by atoms with Crippen molar-refractivity contribution in [3.05, 3.63) is 57.5 Å². The molecule has 0 radical (unpaired) electrons. The number of aromatic nitrogens is 2. The zero-order valence-electron chi connectivity index (χ0n) is 19.1. The predicted octanol–water partition coefficient (Wildman–Crippen LogP) is 2.82. The Morgan fingerprint density at radius 3 is 2.64 bits per heavy atom. The Morgan fingerprint density at radius 2 is 1.97 bits per heavy atom. The van der Waals surface area contributed by atoms with E-state index in [0.717, 1.165) is 81.6 Å². The number of H-pyrrole nitrogens is 1. The number of carbonyl (C=O) groups excluding carboxylic acids is 1. The fraction of sp³-hybridized carbons (Fsp3) is 0.560. The van der Waals surface area contributed by atoms with Gasteiger partial charge in [0, 0.05) is 61.5 Å². The molecule has 8 heteroatoms. The topological polar surface area (TPSA) is 81.3 Å². The number of rotatable bonds is 6. The van der Waals surface area contributed by atoms with E-state index in [2.05, 4.69) is 31.2 Å². The number of carbonyl (C=O) groups is 1. The molecule has 1 aliphatic heterocycles. The van der Waals surface area contributed by atoms with Gasteiger partial charge in [0.05, 0.1) is 11.9 Å². The lowest BCUT2D eigenvalue weighted by Crippen LogP contribution is -2.49. The van der Waals surface area contributed by atoms with Crippen LogP contribution >= 0.6 is 0 Å². The van der Waals surface area contributed by atoms with Gasteiger partial charge >= 0.3 is 0 Å². The molecule has 2 aliphatic carbocycles. The fourth-order valence-electron chi connectivity index (χ4n) is 5.20. The van der Waals surface area contributed by atoms with Gasteiger partial charge in [-0.1, -0.05) is 13.0 Å². The van der Waals surface area contributed by atoms with Crippen molar-refractivity contribution in [2.45, 2.75) is 63.5 Å². The summed E-state index contributed by atoms with van der Waals surface area (Å²) in [7, 11) is 0. The molecule has 2 atom stereocenters. The van der Waals surface area contributed by atoms with Crippen molar-refractivity contribution in [2.24, 2.45) is 0 Å². The number of aromatic amines is 1. The molecular formula is C25H32FN5O2. The van der Waals surface area contributed by atoms with Crippen LogP contribution in [0.15, 0.2) is 29.2 Å². The SMILES string of the molecule is CCc1ccc([C@@H]2CC[C@@H](N3CCN(c4cnc(C(=O)NC5CC5)c(F)c4)CC3)C2)[nH]c1=O. The van der Waals surface area contributed by atoms with Crippen LogP contribution in [-0.4, -0.2) is 59.0 Å². The van der Waals surface area contributed by atoms with E-state index in [1.54, 1.807) is 6.20 Å². The molecular weight excluding hydrogens is 421 g/mol. The summed E-state index contributed by atoms with van der Waals surface area (Å²) < 4.78 is 14.5. The maximum absolute atomic E-state index is 14.5. The molecule has 3 heterocycles. The highest BCUT2D eigenvalue weighted by atomic mass is 19.1. The fourth-order valence-corrected chi connectivity index (χ4v) is 5.20. The molecule has 2 saturated carbocycles. The van der Waals surface area contributed by atoms with E-state index in [1.807, 2.05) is 13.0 Å². The summed E-state index contributed by atoms with van der Waals surface area (Å²) in [6.07, 6.45) is 7.56. The molecule has 1 amide bonds. The van der Waals surface area contributed by atoms with Crippen LogP contribution in [0.2, 0.25) is 0 Å². The number of hydrogen-bond acceptors (Lipinski definition) is 5. The first kappa shape index (κ1) is 22.1. The second-order valence-corrected chi connectivity index (χ2v) is 9.58. The predicted molar refractivity (Wildman–Crippen MR) is 125 cm³/mol. The zero-order valence-corrected chi connectivity index (χ0v) is 19.1. The maximum atomic E-state index is 14.5. The summed E-state index contributed by atoms with van der Waals surface area (Å²) in [4.78, 5) is 36.2. The Morgan fingerprint density at radius 1 is 1.18 bits per heavy atom. The first-order valence-corrected chi connectivity index (χ1v) is 12.2. The van der Waals surface area contributed by atoms with Crippen molar-refractivity contribution < 1.29 is 9.18 Å². The van der Waals surface area contributed by atoms with Crippen LogP contribution in [0.3, 0.4) is 0 Å². The van der Waals surface area contributed by atoms with Crippen molar-refractivity contribution in [3.8, 4) is 0 Å². The molecule has 176 valence electrons. The average molecular weight is 454 g/mol. The zero-order chi connectivity index (χ0) is 22.9. The molecule has 0 bridgehead atoms. The second kappa shape index (κ2) is 9.25. The molecule has 2 aromatic rings. The van der Waals surface area contributed by atoms with Crippen molar-refractivity contribution in [2.75, 3.05) is 31.1 Å². The Kier molecular flexibility index (Phi) is 6.19. The molecule has 7 nitrogen and oxygen atoms in total. The minimum absolute atomic E-state index is 0.0453. The van der Waals surface area contributed by atoms with Gasteiger partial charge in [0.2, 0.25) is 0 Å². The Hall–Kier alpha value is -2.74. The highest BCUT2D eigenvalue weighted by molar-refractivity contribution is 5.93. The number of pyridine rings is 2. The smallest absolute Gasteiger partial charge is 0.273 e. The number of nitrogens with one attached hydrogen (secondary N) is 2. The van der Waals surface area contributed by atoms with Crippen LogP contribution in [0, 0.1) is 5.82 Å². The summed E-state index contributed by atoms with van der Waals surface area (Å²) >= 11 is 0. The summed E-state index contributed by atoms with van der Waals surface area (Å²) in [6, 6.07) is 6.18. The van der Waals surface area contributed by atoms with Gasteiger partial charge in [0.1, 0.15) is 0 Å². The molecule has 3 fully saturated rings. The second-order valence-electron chi connectivity index (χ2n) is 9.58. The lowest BCUT2D eigenvalue weighted by molar-refractivity contribution is 0.0941. The molecule has 2 N–H and O–H groups in total. The van der Waals surface area contributed by atoms with Crippen LogP contribution in [0.4, 0.5) is 10.1 Å². The van der Waals surface area contributed by atoms with E-state index in [9.17, 15) is 14.0 Å². The Balaban J connectivity index is 1.16. The minimum atomic E-state index is -0.560. The third kappa shape index (κ3) is 4.81. The van der Waals surface area contributed by atoms with Crippen LogP contribution in [-0.2, 0) is 6.42 Å². The van der Waals surface area contributed by atoms with Crippen molar-refractivity contribution in [1.82, 2.24) is 20.2 Å². The van der Waals surface area contributed by atoms with E-state index in [4.69, 9.17) is 0 Å². The number of amides is 1. The molecule has 0 aromatic carbocycles. The van der Waals surface area contributed by atoms with Gasteiger partial charge in [0.15, 0.2) is 11.5 Å². The lowest BCUT2D eigenvalue weighted by atomic mass is 10.0. The van der Waals surface area contributed by atoms with Gasteiger partial charge in [-0.3, -0.25) is 14.5 Å². The van der Waals surface area contributed by atoms with Gasteiger partial charge < -0.3 is 15.2 Å². The number of halogens is 1. The summed E-state index contributed by atoms with van der Waals surface area (Å²) in [5.41, 5.74) is 2.56. The third-order valence-electron chi connectivity index (χ3n) is 7.39. The number of nitrogens with zero attached hydrogens (tertiary/aromatic N) is 3. The quantitative estimate of drug-likeness (QED) is 0.703. The van der Waals surface area contributed by atoms with Crippen molar-refractivity contribution >= 4 is 11.6 Å².